The zero-order valence-corrected chi connectivity index (χ0v) is 11.8. The molecule has 0 bridgehead atoms. The third-order valence-electron chi connectivity index (χ3n) is 3.32. The zero-order valence-electron chi connectivity index (χ0n) is 11.8. The van der Waals surface area contributed by atoms with E-state index >= 15 is 0 Å². The van der Waals surface area contributed by atoms with Gasteiger partial charge in [-0.15, -0.1) is 0 Å². The molecule has 1 heterocycles. The maximum absolute atomic E-state index is 5.34. The van der Waals surface area contributed by atoms with Crippen LogP contribution in [0.1, 0.15) is 12.5 Å². The minimum atomic E-state index is 0.882. The van der Waals surface area contributed by atoms with Crippen molar-refractivity contribution in [3.05, 3.63) is 41.5 Å². The fraction of sp³-hybridized carbons (Fsp3) is 0.500. The Balaban J connectivity index is 1.63. The molecule has 1 aromatic rings. The van der Waals surface area contributed by atoms with Crippen molar-refractivity contribution in [1.82, 2.24) is 10.2 Å². The van der Waals surface area contributed by atoms with Crippen LogP contribution in [0.2, 0.25) is 0 Å². The summed E-state index contributed by atoms with van der Waals surface area (Å²) in [5, 5.41) is 3.50. The summed E-state index contributed by atoms with van der Waals surface area (Å²) >= 11 is 0. The summed E-state index contributed by atoms with van der Waals surface area (Å²) in [4.78, 5) is 2.45. The van der Waals surface area contributed by atoms with Crippen LogP contribution in [0.5, 0.6) is 0 Å². The Morgan fingerprint density at radius 2 is 2.00 bits per heavy atom. The molecule has 0 aliphatic carbocycles. The lowest BCUT2D eigenvalue weighted by Gasteiger charge is -2.26. The van der Waals surface area contributed by atoms with Gasteiger partial charge in [0.05, 0.1) is 13.2 Å². The number of rotatable bonds is 6. The van der Waals surface area contributed by atoms with Gasteiger partial charge in [0.25, 0.3) is 0 Å². The molecule has 1 fully saturated rings. The molecule has 3 heteroatoms. The average Bonchev–Trinajstić information content (AvgIpc) is 2.46. The molecule has 2 rings (SSSR count). The summed E-state index contributed by atoms with van der Waals surface area (Å²) < 4.78 is 5.34. The Bertz CT molecular complexity index is 383. The Kier molecular flexibility index (Phi) is 6.08. The van der Waals surface area contributed by atoms with Gasteiger partial charge in [0.2, 0.25) is 0 Å². The van der Waals surface area contributed by atoms with Crippen LogP contribution in [0.3, 0.4) is 0 Å². The second-order valence-corrected chi connectivity index (χ2v) is 5.03. The highest BCUT2D eigenvalue weighted by molar-refractivity contribution is 5.52. The molecule has 1 aliphatic heterocycles. The minimum Gasteiger partial charge on any atom is -0.379 e. The van der Waals surface area contributed by atoms with Gasteiger partial charge in [-0.25, -0.2) is 0 Å². The van der Waals surface area contributed by atoms with E-state index in [0.29, 0.717) is 0 Å². The van der Waals surface area contributed by atoms with Gasteiger partial charge in [-0.1, -0.05) is 42.0 Å². The molecular formula is C16H24N2O. The molecule has 3 nitrogen and oxygen atoms in total. The summed E-state index contributed by atoms with van der Waals surface area (Å²) in [5.74, 6) is 0. The molecule has 0 atom stereocenters. The summed E-state index contributed by atoms with van der Waals surface area (Å²) in [7, 11) is 0. The smallest absolute Gasteiger partial charge is 0.0594 e. The van der Waals surface area contributed by atoms with Gasteiger partial charge < -0.3 is 10.1 Å². The lowest BCUT2D eigenvalue weighted by Crippen LogP contribution is -2.40. The van der Waals surface area contributed by atoms with E-state index in [1.54, 1.807) is 0 Å². The van der Waals surface area contributed by atoms with Crippen LogP contribution in [-0.4, -0.2) is 50.8 Å². The Morgan fingerprint density at radius 3 is 2.74 bits per heavy atom. The van der Waals surface area contributed by atoms with Gasteiger partial charge in [0, 0.05) is 32.7 Å². The van der Waals surface area contributed by atoms with E-state index in [2.05, 4.69) is 47.5 Å². The number of nitrogens with one attached hydrogen (secondary N) is 1. The van der Waals surface area contributed by atoms with Crippen molar-refractivity contribution < 1.29 is 4.74 Å². The highest BCUT2D eigenvalue weighted by Gasteiger charge is 2.08. The van der Waals surface area contributed by atoms with Crippen LogP contribution in [-0.2, 0) is 4.74 Å². The predicted octanol–water partition coefficient (Wildman–Crippen LogP) is 2.01. The fourth-order valence-electron chi connectivity index (χ4n) is 2.23. The molecule has 0 aromatic heterocycles. The van der Waals surface area contributed by atoms with E-state index < -0.39 is 0 Å². The second-order valence-electron chi connectivity index (χ2n) is 5.03. The Labute approximate surface area is 116 Å². The lowest BCUT2D eigenvalue weighted by molar-refractivity contribution is 0.0385. The van der Waals surface area contributed by atoms with Crippen LogP contribution in [0.25, 0.3) is 6.08 Å². The van der Waals surface area contributed by atoms with E-state index in [1.807, 2.05) is 6.07 Å². The second kappa shape index (κ2) is 8.10. The SMILES string of the molecule is C/C(=C/c1ccccc1)CNCCN1CCOCC1. The molecular weight excluding hydrogens is 236 g/mol. The fourth-order valence-corrected chi connectivity index (χ4v) is 2.23. The highest BCUT2D eigenvalue weighted by Crippen LogP contribution is 2.05. The maximum Gasteiger partial charge on any atom is 0.0594 e. The third-order valence-corrected chi connectivity index (χ3v) is 3.32. The monoisotopic (exact) mass is 260 g/mol. The van der Waals surface area contributed by atoms with Crippen LogP contribution in [0, 0.1) is 0 Å². The zero-order chi connectivity index (χ0) is 13.3. The van der Waals surface area contributed by atoms with Crippen molar-refractivity contribution in [3.8, 4) is 0 Å². The number of morpholine rings is 1. The number of hydrogen-bond donors (Lipinski definition) is 1. The van der Waals surface area contributed by atoms with Crippen LogP contribution >= 0.6 is 0 Å². The molecule has 0 spiro atoms. The lowest BCUT2D eigenvalue weighted by atomic mass is 10.1. The molecule has 0 amide bonds. The third kappa shape index (κ3) is 5.55. The molecule has 0 saturated carbocycles. The topological polar surface area (TPSA) is 24.5 Å². The molecule has 0 unspecified atom stereocenters. The van der Waals surface area contributed by atoms with Crippen LogP contribution in [0.15, 0.2) is 35.9 Å². The summed E-state index contributed by atoms with van der Waals surface area (Å²) in [6.45, 7) is 9.19. The number of benzene rings is 1. The largest absolute Gasteiger partial charge is 0.379 e. The van der Waals surface area contributed by atoms with Gasteiger partial charge in [-0.2, -0.15) is 0 Å². The summed E-state index contributed by atoms with van der Waals surface area (Å²) in [6, 6.07) is 10.5. The van der Waals surface area contributed by atoms with Gasteiger partial charge in [0.15, 0.2) is 0 Å². The van der Waals surface area contributed by atoms with Crippen molar-refractivity contribution in [2.45, 2.75) is 6.92 Å². The van der Waals surface area contributed by atoms with E-state index in [0.717, 1.165) is 45.9 Å². The van der Waals surface area contributed by atoms with Crippen molar-refractivity contribution in [2.24, 2.45) is 0 Å². The molecule has 1 saturated heterocycles. The predicted molar refractivity (Wildman–Crippen MR) is 80.2 cm³/mol. The summed E-state index contributed by atoms with van der Waals surface area (Å²) in [6.07, 6.45) is 2.24. The van der Waals surface area contributed by atoms with E-state index in [4.69, 9.17) is 4.74 Å². The minimum absolute atomic E-state index is 0.882. The van der Waals surface area contributed by atoms with E-state index in [1.165, 1.54) is 11.1 Å². The van der Waals surface area contributed by atoms with Crippen LogP contribution in [0.4, 0.5) is 0 Å². The first-order chi connectivity index (χ1) is 9.34. The Morgan fingerprint density at radius 1 is 1.26 bits per heavy atom. The van der Waals surface area contributed by atoms with Gasteiger partial charge >= 0.3 is 0 Å². The van der Waals surface area contributed by atoms with E-state index in [9.17, 15) is 0 Å². The number of hydrogen-bond acceptors (Lipinski definition) is 3. The van der Waals surface area contributed by atoms with E-state index in [-0.39, 0.29) is 0 Å². The molecule has 1 aromatic carbocycles. The van der Waals surface area contributed by atoms with Crippen molar-refractivity contribution in [2.75, 3.05) is 45.9 Å². The van der Waals surface area contributed by atoms with Gasteiger partial charge in [-0.3, -0.25) is 4.90 Å². The maximum atomic E-state index is 5.34. The number of nitrogens with zero attached hydrogens (tertiary/aromatic N) is 1. The Hall–Kier alpha value is -1.16. The standard InChI is InChI=1S/C16H24N2O/c1-15(13-16-5-3-2-4-6-16)14-17-7-8-18-9-11-19-12-10-18/h2-6,13,17H,7-12,14H2,1H3/b15-13-. The molecule has 19 heavy (non-hydrogen) atoms. The average molecular weight is 260 g/mol. The normalized spacial score (nSPS) is 17.6. The van der Waals surface area contributed by atoms with Crippen molar-refractivity contribution >= 4 is 6.08 Å². The van der Waals surface area contributed by atoms with Gasteiger partial charge in [0.1, 0.15) is 0 Å². The first-order valence-corrected chi connectivity index (χ1v) is 7.07. The van der Waals surface area contributed by atoms with Crippen LogP contribution < -0.4 is 5.32 Å². The highest BCUT2D eigenvalue weighted by atomic mass is 16.5. The molecule has 1 aliphatic rings. The molecule has 1 N–H and O–H groups in total. The first kappa shape index (κ1) is 14.3. The van der Waals surface area contributed by atoms with Crippen molar-refractivity contribution in [1.29, 1.82) is 0 Å². The quantitative estimate of drug-likeness (QED) is 0.792. The molecule has 0 radical (unpaired) electrons. The first-order valence-electron chi connectivity index (χ1n) is 7.07. The molecule has 104 valence electrons. The number of ether oxygens (including phenoxy) is 1. The summed E-state index contributed by atoms with van der Waals surface area (Å²) in [5.41, 5.74) is 2.64. The van der Waals surface area contributed by atoms with Crippen molar-refractivity contribution in [3.63, 3.8) is 0 Å². The van der Waals surface area contributed by atoms with Gasteiger partial charge in [-0.05, 0) is 12.5 Å².